The summed E-state index contributed by atoms with van der Waals surface area (Å²) in [5, 5.41) is 0.559. The molecule has 4 nitrogen and oxygen atoms in total. The van der Waals surface area contributed by atoms with Crippen LogP contribution in [-0.4, -0.2) is 19.2 Å². The number of aryl methyl sites for hydroxylation is 2. The molecule has 0 unspecified atom stereocenters. The van der Waals surface area contributed by atoms with E-state index in [-0.39, 0.29) is 11.2 Å². The molecule has 5 heteroatoms. The Bertz CT molecular complexity index is 773. The minimum atomic E-state index is -3.21. The number of pyridine rings is 1. The SMILES string of the molecule is Cc1ccc2c(=O)c(CS(C)(=O)=O)cn(C)c2c1. The van der Waals surface area contributed by atoms with E-state index >= 15 is 0 Å². The number of aromatic nitrogens is 1. The molecule has 0 spiro atoms. The zero-order valence-electron chi connectivity index (χ0n) is 10.6. The lowest BCUT2D eigenvalue weighted by molar-refractivity contribution is 0.601. The summed E-state index contributed by atoms with van der Waals surface area (Å²) in [6, 6.07) is 5.52. The molecule has 2 rings (SSSR count). The fourth-order valence-corrected chi connectivity index (χ4v) is 2.82. The zero-order chi connectivity index (χ0) is 13.5. The van der Waals surface area contributed by atoms with E-state index in [1.807, 2.05) is 26.1 Å². The molecular formula is C13H15NO3S. The van der Waals surface area contributed by atoms with E-state index in [1.54, 1.807) is 16.8 Å². The van der Waals surface area contributed by atoms with Gasteiger partial charge in [0.2, 0.25) is 0 Å². The van der Waals surface area contributed by atoms with E-state index in [0.717, 1.165) is 17.3 Å². The molecule has 0 atom stereocenters. The maximum absolute atomic E-state index is 12.2. The molecule has 2 aromatic rings. The van der Waals surface area contributed by atoms with Crippen molar-refractivity contribution in [3.63, 3.8) is 0 Å². The molecule has 0 fully saturated rings. The van der Waals surface area contributed by atoms with Gasteiger partial charge in [0.15, 0.2) is 15.3 Å². The van der Waals surface area contributed by atoms with Gasteiger partial charge in [-0.05, 0) is 24.6 Å². The first-order valence-corrected chi connectivity index (χ1v) is 7.60. The highest BCUT2D eigenvalue weighted by molar-refractivity contribution is 7.89. The monoisotopic (exact) mass is 265 g/mol. The molecular weight excluding hydrogens is 250 g/mol. The van der Waals surface area contributed by atoms with Crippen LogP contribution in [0, 0.1) is 6.92 Å². The molecule has 96 valence electrons. The third-order valence-corrected chi connectivity index (χ3v) is 3.67. The molecule has 0 bridgehead atoms. The Hall–Kier alpha value is -1.62. The first-order chi connectivity index (χ1) is 8.28. The smallest absolute Gasteiger partial charge is 0.193 e. The predicted octanol–water partition coefficient (Wildman–Crippen LogP) is 1.39. The van der Waals surface area contributed by atoms with Gasteiger partial charge in [-0.1, -0.05) is 6.07 Å². The van der Waals surface area contributed by atoms with Crippen LogP contribution in [-0.2, 0) is 22.6 Å². The van der Waals surface area contributed by atoms with E-state index in [1.165, 1.54) is 0 Å². The summed E-state index contributed by atoms with van der Waals surface area (Å²) in [6.45, 7) is 1.95. The van der Waals surface area contributed by atoms with E-state index in [0.29, 0.717) is 10.9 Å². The van der Waals surface area contributed by atoms with Crippen molar-refractivity contribution in [2.45, 2.75) is 12.7 Å². The van der Waals surface area contributed by atoms with Gasteiger partial charge in [-0.15, -0.1) is 0 Å². The van der Waals surface area contributed by atoms with Crippen LogP contribution in [0.1, 0.15) is 11.1 Å². The summed E-state index contributed by atoms with van der Waals surface area (Å²) in [6.07, 6.45) is 2.73. The van der Waals surface area contributed by atoms with E-state index in [4.69, 9.17) is 0 Å². The van der Waals surface area contributed by atoms with E-state index in [9.17, 15) is 13.2 Å². The lowest BCUT2D eigenvalue weighted by Crippen LogP contribution is -2.16. The third-order valence-electron chi connectivity index (χ3n) is 2.84. The molecule has 0 saturated carbocycles. The number of hydrogen-bond acceptors (Lipinski definition) is 3. The molecule has 18 heavy (non-hydrogen) atoms. The van der Waals surface area contributed by atoms with Crippen LogP contribution in [0.4, 0.5) is 0 Å². The minimum absolute atomic E-state index is 0.200. The Balaban J connectivity index is 2.77. The molecule has 0 radical (unpaired) electrons. The van der Waals surface area contributed by atoms with Crippen LogP contribution < -0.4 is 5.43 Å². The first-order valence-electron chi connectivity index (χ1n) is 5.54. The second-order valence-electron chi connectivity index (χ2n) is 4.69. The summed E-state index contributed by atoms with van der Waals surface area (Å²) in [4.78, 5) is 12.2. The minimum Gasteiger partial charge on any atom is -0.350 e. The van der Waals surface area contributed by atoms with Crippen LogP contribution in [0.2, 0.25) is 0 Å². The lowest BCUT2D eigenvalue weighted by Gasteiger charge is -2.09. The van der Waals surface area contributed by atoms with Crippen molar-refractivity contribution in [2.24, 2.45) is 7.05 Å². The van der Waals surface area contributed by atoms with Crippen LogP contribution in [0.15, 0.2) is 29.2 Å². The quantitative estimate of drug-likeness (QED) is 0.824. The summed E-state index contributed by atoms with van der Waals surface area (Å²) in [5.74, 6) is -0.219. The number of hydrogen-bond donors (Lipinski definition) is 0. The average molecular weight is 265 g/mol. The van der Waals surface area contributed by atoms with Crippen molar-refractivity contribution < 1.29 is 8.42 Å². The van der Waals surface area contributed by atoms with Crippen molar-refractivity contribution in [2.75, 3.05) is 6.26 Å². The van der Waals surface area contributed by atoms with Gasteiger partial charge in [0, 0.05) is 30.4 Å². The normalized spacial score (nSPS) is 11.9. The van der Waals surface area contributed by atoms with Gasteiger partial charge in [0.25, 0.3) is 0 Å². The second kappa shape index (κ2) is 4.24. The van der Waals surface area contributed by atoms with Crippen LogP contribution in [0.3, 0.4) is 0 Å². The van der Waals surface area contributed by atoms with Crippen molar-refractivity contribution in [3.05, 3.63) is 45.7 Å². The lowest BCUT2D eigenvalue weighted by atomic mass is 10.1. The van der Waals surface area contributed by atoms with Gasteiger partial charge < -0.3 is 4.57 Å². The van der Waals surface area contributed by atoms with Crippen molar-refractivity contribution in [1.82, 2.24) is 4.57 Å². The maximum atomic E-state index is 12.2. The van der Waals surface area contributed by atoms with Crippen molar-refractivity contribution in [3.8, 4) is 0 Å². The average Bonchev–Trinajstić information content (AvgIpc) is 2.23. The Morgan fingerprint density at radius 3 is 2.56 bits per heavy atom. The Morgan fingerprint density at radius 1 is 1.28 bits per heavy atom. The summed E-state index contributed by atoms with van der Waals surface area (Å²) in [5.41, 5.74) is 2.00. The van der Waals surface area contributed by atoms with Gasteiger partial charge >= 0.3 is 0 Å². The standard InChI is InChI=1S/C13H15NO3S/c1-9-4-5-11-12(6-9)14(2)7-10(13(11)15)8-18(3,16)17/h4-7H,8H2,1-3H3. The molecule has 1 aromatic heterocycles. The molecule has 0 N–H and O–H groups in total. The number of benzene rings is 1. The highest BCUT2D eigenvalue weighted by atomic mass is 32.2. The number of fused-ring (bicyclic) bond motifs is 1. The van der Waals surface area contributed by atoms with Gasteiger partial charge in [0.1, 0.15) is 0 Å². The van der Waals surface area contributed by atoms with Crippen LogP contribution >= 0.6 is 0 Å². The second-order valence-corrected chi connectivity index (χ2v) is 6.83. The third kappa shape index (κ3) is 2.46. The van der Waals surface area contributed by atoms with E-state index < -0.39 is 9.84 Å². The Kier molecular flexibility index (Phi) is 3.02. The summed E-state index contributed by atoms with van der Waals surface area (Å²) < 4.78 is 24.4. The largest absolute Gasteiger partial charge is 0.350 e. The molecule has 0 aliphatic heterocycles. The van der Waals surface area contributed by atoms with Crippen molar-refractivity contribution >= 4 is 20.7 Å². The van der Waals surface area contributed by atoms with Gasteiger partial charge in [-0.2, -0.15) is 0 Å². The predicted molar refractivity (Wildman–Crippen MR) is 72.5 cm³/mol. The fraction of sp³-hybridized carbons (Fsp3) is 0.308. The molecule has 0 saturated heterocycles. The first kappa shape index (κ1) is 12.8. The topological polar surface area (TPSA) is 56.1 Å². The Morgan fingerprint density at radius 2 is 1.94 bits per heavy atom. The summed E-state index contributed by atoms with van der Waals surface area (Å²) >= 11 is 0. The molecule has 1 heterocycles. The highest BCUT2D eigenvalue weighted by Gasteiger charge is 2.12. The van der Waals surface area contributed by atoms with Crippen LogP contribution in [0.5, 0.6) is 0 Å². The fourth-order valence-electron chi connectivity index (χ4n) is 2.05. The number of sulfone groups is 1. The van der Waals surface area contributed by atoms with Crippen LogP contribution in [0.25, 0.3) is 10.9 Å². The maximum Gasteiger partial charge on any atom is 0.193 e. The van der Waals surface area contributed by atoms with Gasteiger partial charge in [-0.25, -0.2) is 8.42 Å². The number of rotatable bonds is 2. The Labute approximate surface area is 106 Å². The van der Waals surface area contributed by atoms with E-state index in [2.05, 4.69) is 0 Å². The van der Waals surface area contributed by atoms with Crippen molar-refractivity contribution in [1.29, 1.82) is 0 Å². The summed E-state index contributed by atoms with van der Waals surface area (Å²) in [7, 11) is -1.39. The van der Waals surface area contributed by atoms with Gasteiger partial charge in [-0.3, -0.25) is 4.79 Å². The highest BCUT2D eigenvalue weighted by Crippen LogP contribution is 2.14. The molecule has 1 aromatic carbocycles. The molecule has 0 aliphatic carbocycles. The molecule has 0 amide bonds. The van der Waals surface area contributed by atoms with Gasteiger partial charge in [0.05, 0.1) is 11.3 Å². The molecule has 0 aliphatic rings. The number of nitrogens with zero attached hydrogens (tertiary/aromatic N) is 1. The zero-order valence-corrected chi connectivity index (χ0v) is 11.4.